The van der Waals surface area contributed by atoms with Crippen molar-refractivity contribution in [2.24, 2.45) is 5.73 Å². The molecule has 1 aliphatic rings. The van der Waals surface area contributed by atoms with Gasteiger partial charge in [0.1, 0.15) is 5.75 Å². The van der Waals surface area contributed by atoms with E-state index in [1.807, 2.05) is 0 Å². The largest absolute Gasteiger partial charge is 0.482 e. The van der Waals surface area contributed by atoms with Crippen LogP contribution in [-0.4, -0.2) is 34.0 Å². The number of fused-ring (bicyclic) bond motifs is 1. The summed E-state index contributed by atoms with van der Waals surface area (Å²) in [4.78, 5) is 13.7. The number of sulfone groups is 1. The van der Waals surface area contributed by atoms with E-state index in [9.17, 15) is 13.2 Å². The molecule has 1 amide bonds. The Bertz CT molecular complexity index is 840. The predicted molar refractivity (Wildman–Crippen MR) is 92.5 cm³/mol. The first-order valence-corrected chi connectivity index (χ1v) is 8.60. The molecule has 2 aromatic rings. The molecule has 0 bridgehead atoms. The summed E-state index contributed by atoms with van der Waals surface area (Å²) in [5.74, 6) is 0.177. The molecule has 24 heavy (non-hydrogen) atoms. The second-order valence-corrected chi connectivity index (χ2v) is 7.02. The lowest BCUT2D eigenvalue weighted by molar-refractivity contribution is -0.121. The molecule has 8 heteroatoms. The highest BCUT2D eigenvalue weighted by Gasteiger charge is 2.27. The maximum Gasteiger partial charge on any atom is 0.265 e. The highest BCUT2D eigenvalue weighted by molar-refractivity contribution is 7.91. The lowest BCUT2D eigenvalue weighted by atomic mass is 10.2. The van der Waals surface area contributed by atoms with E-state index >= 15 is 0 Å². The van der Waals surface area contributed by atoms with Gasteiger partial charge < -0.3 is 15.4 Å². The lowest BCUT2D eigenvalue weighted by Crippen LogP contribution is -2.41. The first-order chi connectivity index (χ1) is 11.0. The molecule has 0 saturated carbocycles. The van der Waals surface area contributed by atoms with Crippen molar-refractivity contribution < 1.29 is 17.9 Å². The molecule has 1 heterocycles. The number of amides is 1. The molecule has 6 nitrogen and oxygen atoms in total. The Morgan fingerprint density at radius 1 is 1.08 bits per heavy atom. The van der Waals surface area contributed by atoms with Crippen molar-refractivity contribution in [1.82, 2.24) is 0 Å². The van der Waals surface area contributed by atoms with Gasteiger partial charge in [-0.25, -0.2) is 8.42 Å². The number of nitrogens with zero attached hydrogens (tertiary/aromatic N) is 1. The van der Waals surface area contributed by atoms with Gasteiger partial charge >= 0.3 is 0 Å². The van der Waals surface area contributed by atoms with Gasteiger partial charge in [0.25, 0.3) is 5.91 Å². The molecule has 128 valence electrons. The lowest BCUT2D eigenvalue weighted by Gasteiger charge is -2.29. The van der Waals surface area contributed by atoms with Crippen LogP contribution in [0.4, 0.5) is 5.69 Å². The number of anilines is 1. The van der Waals surface area contributed by atoms with Gasteiger partial charge in [0.2, 0.25) is 9.84 Å². The molecule has 0 unspecified atom stereocenters. The van der Waals surface area contributed by atoms with Gasteiger partial charge in [0, 0.05) is 19.2 Å². The summed E-state index contributed by atoms with van der Waals surface area (Å²) in [5.41, 5.74) is 6.06. The summed E-state index contributed by atoms with van der Waals surface area (Å²) in [6.07, 6.45) is 0. The number of rotatable bonds is 4. The van der Waals surface area contributed by atoms with Crippen LogP contribution in [0.25, 0.3) is 0 Å². The number of carbonyl (C=O) groups excluding carboxylic acids is 1. The Balaban J connectivity index is 0.00000208. The second-order valence-electron chi connectivity index (χ2n) is 5.07. The van der Waals surface area contributed by atoms with Crippen molar-refractivity contribution in [1.29, 1.82) is 0 Å². The molecule has 2 aromatic carbocycles. The van der Waals surface area contributed by atoms with Crippen LogP contribution in [0.5, 0.6) is 5.75 Å². The van der Waals surface area contributed by atoms with E-state index in [-0.39, 0.29) is 34.7 Å². The highest BCUT2D eigenvalue weighted by Crippen LogP contribution is 2.35. The number of halogens is 1. The van der Waals surface area contributed by atoms with E-state index in [0.717, 1.165) is 0 Å². The van der Waals surface area contributed by atoms with Crippen molar-refractivity contribution in [3.8, 4) is 5.75 Å². The van der Waals surface area contributed by atoms with Crippen LogP contribution in [0.3, 0.4) is 0 Å². The SMILES string of the molecule is Cl.NCCN1C(=O)COc2cc(S(=O)(=O)c3ccccc3)ccc21. The molecule has 0 spiro atoms. The Labute approximate surface area is 146 Å². The number of hydrogen-bond donors (Lipinski definition) is 1. The van der Waals surface area contributed by atoms with E-state index < -0.39 is 9.84 Å². The third kappa shape index (κ3) is 3.24. The fraction of sp³-hybridized carbons (Fsp3) is 0.188. The van der Waals surface area contributed by atoms with Gasteiger partial charge in [0.05, 0.1) is 15.5 Å². The maximum absolute atomic E-state index is 12.6. The zero-order valence-corrected chi connectivity index (χ0v) is 14.3. The van der Waals surface area contributed by atoms with Gasteiger partial charge in [-0.15, -0.1) is 12.4 Å². The molecule has 0 fully saturated rings. The van der Waals surface area contributed by atoms with Crippen LogP contribution < -0.4 is 15.4 Å². The summed E-state index contributed by atoms with van der Waals surface area (Å²) in [7, 11) is -3.62. The van der Waals surface area contributed by atoms with Gasteiger partial charge in [-0.1, -0.05) is 18.2 Å². The highest BCUT2D eigenvalue weighted by atomic mass is 35.5. The van der Waals surface area contributed by atoms with Crippen LogP contribution in [0.15, 0.2) is 58.3 Å². The molecule has 2 N–H and O–H groups in total. The Morgan fingerprint density at radius 3 is 2.46 bits per heavy atom. The molecule has 0 atom stereocenters. The van der Waals surface area contributed by atoms with Crippen molar-refractivity contribution >= 4 is 33.8 Å². The topological polar surface area (TPSA) is 89.7 Å². The minimum Gasteiger partial charge on any atom is -0.482 e. The zero-order chi connectivity index (χ0) is 16.4. The summed E-state index contributed by atoms with van der Waals surface area (Å²) >= 11 is 0. The Kier molecular flexibility index (Phi) is 5.48. The van der Waals surface area contributed by atoms with E-state index in [1.54, 1.807) is 36.4 Å². The zero-order valence-electron chi connectivity index (χ0n) is 12.7. The average molecular weight is 369 g/mol. The summed E-state index contributed by atoms with van der Waals surface area (Å²) in [6, 6.07) is 12.7. The molecule has 0 radical (unpaired) electrons. The molecular formula is C16H17ClN2O4S. The van der Waals surface area contributed by atoms with E-state index in [4.69, 9.17) is 10.5 Å². The number of nitrogens with two attached hydrogens (primary N) is 1. The molecular weight excluding hydrogens is 352 g/mol. The number of benzene rings is 2. The smallest absolute Gasteiger partial charge is 0.265 e. The average Bonchev–Trinajstić information content (AvgIpc) is 2.58. The minimum atomic E-state index is -3.62. The standard InChI is InChI=1S/C16H16N2O4S.ClH/c17-8-9-18-14-7-6-13(10-15(14)22-11-16(18)19)23(20,21)12-4-2-1-3-5-12;/h1-7,10H,8-9,11,17H2;1H. The van der Waals surface area contributed by atoms with Gasteiger partial charge in [0.15, 0.2) is 6.61 Å². The van der Waals surface area contributed by atoms with Crippen molar-refractivity contribution in [2.75, 3.05) is 24.6 Å². The van der Waals surface area contributed by atoms with Crippen LogP contribution in [0.2, 0.25) is 0 Å². The Hall–Kier alpha value is -2.09. The van der Waals surface area contributed by atoms with E-state index in [0.29, 0.717) is 24.5 Å². The molecule has 3 rings (SSSR count). The van der Waals surface area contributed by atoms with Crippen molar-refractivity contribution in [3.63, 3.8) is 0 Å². The number of hydrogen-bond acceptors (Lipinski definition) is 5. The first-order valence-electron chi connectivity index (χ1n) is 7.11. The van der Waals surface area contributed by atoms with Gasteiger partial charge in [-0.05, 0) is 24.3 Å². The predicted octanol–water partition coefficient (Wildman–Crippen LogP) is 1.63. The van der Waals surface area contributed by atoms with E-state index in [2.05, 4.69) is 0 Å². The van der Waals surface area contributed by atoms with Crippen LogP contribution >= 0.6 is 12.4 Å². The minimum absolute atomic E-state index is 0. The van der Waals surface area contributed by atoms with Crippen molar-refractivity contribution in [2.45, 2.75) is 9.79 Å². The van der Waals surface area contributed by atoms with Crippen LogP contribution in [0.1, 0.15) is 0 Å². The van der Waals surface area contributed by atoms with Crippen molar-refractivity contribution in [3.05, 3.63) is 48.5 Å². The number of ether oxygens (including phenoxy) is 1. The number of carbonyl (C=O) groups is 1. The first kappa shape index (κ1) is 18.3. The summed E-state index contributed by atoms with van der Waals surface area (Å²) in [5, 5.41) is 0. The second kappa shape index (κ2) is 7.21. The molecule has 0 aromatic heterocycles. The van der Waals surface area contributed by atoms with Gasteiger partial charge in [-0.3, -0.25) is 4.79 Å². The van der Waals surface area contributed by atoms with E-state index in [1.165, 1.54) is 17.0 Å². The Morgan fingerprint density at radius 2 is 1.79 bits per heavy atom. The summed E-state index contributed by atoms with van der Waals surface area (Å²) in [6.45, 7) is 0.553. The molecule has 0 aliphatic carbocycles. The molecule has 0 saturated heterocycles. The van der Waals surface area contributed by atoms with Gasteiger partial charge in [-0.2, -0.15) is 0 Å². The molecule has 1 aliphatic heterocycles. The third-order valence-corrected chi connectivity index (χ3v) is 5.36. The summed E-state index contributed by atoms with van der Waals surface area (Å²) < 4.78 is 30.7. The van der Waals surface area contributed by atoms with Crippen LogP contribution in [0, 0.1) is 0 Å². The van der Waals surface area contributed by atoms with Crippen LogP contribution in [-0.2, 0) is 14.6 Å². The quantitative estimate of drug-likeness (QED) is 0.885. The monoisotopic (exact) mass is 368 g/mol. The fourth-order valence-corrected chi connectivity index (χ4v) is 3.76. The maximum atomic E-state index is 12.6. The third-order valence-electron chi connectivity index (χ3n) is 3.59. The fourth-order valence-electron chi connectivity index (χ4n) is 2.46. The normalized spacial score (nSPS) is 13.7.